The van der Waals surface area contributed by atoms with Crippen molar-refractivity contribution in [3.63, 3.8) is 0 Å². The van der Waals surface area contributed by atoms with E-state index in [0.717, 1.165) is 0 Å². The molecule has 1 amide bonds. The molecule has 0 spiro atoms. The van der Waals surface area contributed by atoms with Crippen LogP contribution in [0.4, 0.5) is 8.78 Å². The fraction of sp³-hybridized carbons (Fsp3) is 0.417. The molecule has 0 aliphatic heterocycles. The van der Waals surface area contributed by atoms with E-state index < -0.39 is 23.1 Å². The molecule has 6 nitrogen and oxygen atoms in total. The molecular formula is C12H16F2N2O4S. The van der Waals surface area contributed by atoms with Gasteiger partial charge >= 0.3 is 0 Å². The molecule has 0 radical (unpaired) electrons. The maximum Gasteiger partial charge on any atom is 0.261 e. The van der Waals surface area contributed by atoms with Gasteiger partial charge in [-0.3, -0.25) is 4.79 Å². The van der Waals surface area contributed by atoms with E-state index in [1.54, 1.807) is 0 Å². The molecule has 0 fully saturated rings. The predicted octanol–water partition coefficient (Wildman–Crippen LogP) is 0.622. The van der Waals surface area contributed by atoms with E-state index in [9.17, 15) is 22.0 Å². The summed E-state index contributed by atoms with van der Waals surface area (Å²) in [5.41, 5.74) is 0.684. The minimum atomic E-state index is -3.74. The summed E-state index contributed by atoms with van der Waals surface area (Å²) in [5.74, 6) is -0.347. The Morgan fingerprint density at radius 2 is 1.90 bits per heavy atom. The highest BCUT2D eigenvalue weighted by Gasteiger charge is 2.08. The Balaban J connectivity index is 2.33. The van der Waals surface area contributed by atoms with Crippen molar-refractivity contribution in [3.05, 3.63) is 29.8 Å². The van der Waals surface area contributed by atoms with Crippen molar-refractivity contribution < 1.29 is 26.7 Å². The van der Waals surface area contributed by atoms with Crippen LogP contribution in [-0.4, -0.2) is 34.0 Å². The lowest BCUT2D eigenvalue weighted by Gasteiger charge is -2.07. The first-order valence-corrected chi connectivity index (χ1v) is 7.58. The van der Waals surface area contributed by atoms with E-state index in [1.165, 1.54) is 24.3 Å². The van der Waals surface area contributed by atoms with E-state index in [1.807, 2.05) is 0 Å². The average Bonchev–Trinajstić information content (AvgIpc) is 2.40. The number of amides is 1. The second-order valence-corrected chi connectivity index (χ2v) is 5.74. The van der Waals surface area contributed by atoms with Gasteiger partial charge in [-0.1, -0.05) is 12.1 Å². The van der Waals surface area contributed by atoms with Crippen LogP contribution in [0.15, 0.2) is 29.2 Å². The maximum absolute atomic E-state index is 11.8. The van der Waals surface area contributed by atoms with E-state index in [4.69, 9.17) is 5.14 Å². The number of carbonyl (C=O) groups excluding carboxylic acids is 1. The summed E-state index contributed by atoms with van der Waals surface area (Å²) >= 11 is 0. The van der Waals surface area contributed by atoms with E-state index in [0.29, 0.717) is 5.56 Å². The Morgan fingerprint density at radius 3 is 2.43 bits per heavy atom. The number of carbonyl (C=O) groups is 1. The highest BCUT2D eigenvalue weighted by molar-refractivity contribution is 7.89. The smallest absolute Gasteiger partial charge is 0.261 e. The van der Waals surface area contributed by atoms with Gasteiger partial charge in [0.15, 0.2) is 0 Å². The number of nitrogens with two attached hydrogens (primary N) is 1. The zero-order valence-electron chi connectivity index (χ0n) is 11.1. The fourth-order valence-electron chi connectivity index (χ4n) is 1.42. The molecule has 118 valence electrons. The molecule has 1 rings (SSSR count). The summed E-state index contributed by atoms with van der Waals surface area (Å²) in [4.78, 5) is 11.4. The number of ether oxygens (including phenoxy) is 1. The number of benzene rings is 1. The summed E-state index contributed by atoms with van der Waals surface area (Å²) in [6.45, 7) is -0.582. The molecule has 1 aromatic carbocycles. The Labute approximate surface area is 121 Å². The molecular weight excluding hydrogens is 306 g/mol. The molecule has 1 aromatic rings. The number of primary sulfonamides is 1. The van der Waals surface area contributed by atoms with Gasteiger partial charge in [-0.05, 0) is 17.7 Å². The van der Waals surface area contributed by atoms with Gasteiger partial charge in [-0.2, -0.15) is 0 Å². The average molecular weight is 322 g/mol. The van der Waals surface area contributed by atoms with Crippen molar-refractivity contribution in [3.8, 4) is 0 Å². The molecule has 0 bridgehead atoms. The Kier molecular flexibility index (Phi) is 6.66. The lowest BCUT2D eigenvalue weighted by molar-refractivity contribution is -0.122. The second-order valence-electron chi connectivity index (χ2n) is 4.18. The third-order valence-corrected chi connectivity index (χ3v) is 3.39. The topological polar surface area (TPSA) is 98.5 Å². The van der Waals surface area contributed by atoms with Crippen LogP contribution >= 0.6 is 0 Å². The normalized spacial score (nSPS) is 11.6. The molecule has 21 heavy (non-hydrogen) atoms. The van der Waals surface area contributed by atoms with Crippen molar-refractivity contribution >= 4 is 15.9 Å². The quantitative estimate of drug-likeness (QED) is 0.686. The van der Waals surface area contributed by atoms with E-state index >= 15 is 0 Å². The number of halogens is 2. The van der Waals surface area contributed by atoms with Crippen LogP contribution < -0.4 is 10.5 Å². The maximum atomic E-state index is 11.8. The Hall–Kier alpha value is -1.58. The number of sulfonamides is 1. The lowest BCUT2D eigenvalue weighted by Crippen LogP contribution is -2.24. The highest BCUT2D eigenvalue weighted by atomic mass is 32.2. The van der Waals surface area contributed by atoms with Crippen LogP contribution in [0.25, 0.3) is 0 Å². The monoisotopic (exact) mass is 322 g/mol. The van der Waals surface area contributed by atoms with Crippen LogP contribution in [0, 0.1) is 0 Å². The molecule has 0 unspecified atom stereocenters. The van der Waals surface area contributed by atoms with Crippen molar-refractivity contribution in [1.29, 1.82) is 0 Å². The number of alkyl halides is 2. The molecule has 0 aliphatic carbocycles. The fourth-order valence-corrected chi connectivity index (χ4v) is 1.94. The molecule has 0 aromatic heterocycles. The molecule has 0 saturated heterocycles. The van der Waals surface area contributed by atoms with Gasteiger partial charge in [0.1, 0.15) is 6.61 Å². The minimum absolute atomic E-state index is 0.0158. The third kappa shape index (κ3) is 7.11. The first-order chi connectivity index (χ1) is 9.79. The zero-order valence-corrected chi connectivity index (χ0v) is 11.9. The number of nitrogens with one attached hydrogen (secondary N) is 1. The first kappa shape index (κ1) is 17.5. The van der Waals surface area contributed by atoms with Gasteiger partial charge in [0.2, 0.25) is 15.9 Å². The van der Waals surface area contributed by atoms with Gasteiger partial charge in [0, 0.05) is 13.0 Å². The van der Waals surface area contributed by atoms with Crippen molar-refractivity contribution in [2.45, 2.75) is 24.3 Å². The molecule has 3 N–H and O–H groups in total. The van der Waals surface area contributed by atoms with Crippen molar-refractivity contribution in [1.82, 2.24) is 5.32 Å². The molecule has 0 aliphatic rings. The molecule has 9 heteroatoms. The van der Waals surface area contributed by atoms with E-state index in [-0.39, 0.29) is 30.4 Å². The van der Waals surface area contributed by atoms with Crippen molar-refractivity contribution in [2.75, 3.05) is 13.2 Å². The van der Waals surface area contributed by atoms with Crippen LogP contribution in [0.2, 0.25) is 0 Å². The van der Waals surface area contributed by atoms with Gasteiger partial charge in [0.05, 0.1) is 11.5 Å². The van der Waals surface area contributed by atoms with Gasteiger partial charge in [-0.25, -0.2) is 22.3 Å². The largest absolute Gasteiger partial charge is 0.375 e. The van der Waals surface area contributed by atoms with Crippen LogP contribution in [0.1, 0.15) is 12.0 Å². The summed E-state index contributed by atoms with van der Waals surface area (Å²) in [6.07, 6.45) is -2.58. The van der Waals surface area contributed by atoms with Crippen LogP contribution in [-0.2, 0) is 26.1 Å². The molecule has 0 saturated carbocycles. The van der Waals surface area contributed by atoms with Crippen LogP contribution in [0.3, 0.4) is 0 Å². The van der Waals surface area contributed by atoms with Gasteiger partial charge in [0.25, 0.3) is 6.43 Å². The van der Waals surface area contributed by atoms with Crippen molar-refractivity contribution in [2.24, 2.45) is 5.14 Å². The number of hydrogen-bond acceptors (Lipinski definition) is 4. The number of hydrogen-bond donors (Lipinski definition) is 2. The summed E-state index contributed by atoms with van der Waals surface area (Å²) in [6, 6.07) is 5.71. The molecule has 0 atom stereocenters. The van der Waals surface area contributed by atoms with Gasteiger partial charge in [-0.15, -0.1) is 0 Å². The standard InChI is InChI=1S/C12H16F2N2O4S/c13-11(14)8-20-6-5-12(17)16-7-9-1-3-10(4-2-9)21(15,18)19/h1-4,11H,5-8H2,(H,16,17)(H2,15,18,19). The summed E-state index contributed by atoms with van der Waals surface area (Å²) in [5, 5.41) is 7.51. The summed E-state index contributed by atoms with van der Waals surface area (Å²) in [7, 11) is -3.74. The Bertz CT molecular complexity index is 561. The van der Waals surface area contributed by atoms with Crippen LogP contribution in [0.5, 0.6) is 0 Å². The van der Waals surface area contributed by atoms with Gasteiger partial charge < -0.3 is 10.1 Å². The third-order valence-electron chi connectivity index (χ3n) is 2.46. The predicted molar refractivity (Wildman–Crippen MR) is 71.1 cm³/mol. The molecule has 0 heterocycles. The SMILES string of the molecule is NS(=O)(=O)c1ccc(CNC(=O)CCOCC(F)F)cc1. The zero-order chi connectivity index (χ0) is 15.9. The van der Waals surface area contributed by atoms with E-state index in [2.05, 4.69) is 10.1 Å². The number of rotatable bonds is 8. The minimum Gasteiger partial charge on any atom is -0.375 e. The first-order valence-electron chi connectivity index (χ1n) is 6.03. The lowest BCUT2D eigenvalue weighted by atomic mass is 10.2. The second kappa shape index (κ2) is 8.01. The summed E-state index contributed by atoms with van der Waals surface area (Å²) < 4.78 is 50.2. The highest BCUT2D eigenvalue weighted by Crippen LogP contribution is 2.08. The Morgan fingerprint density at radius 1 is 1.29 bits per heavy atom.